The molecule has 2 rings (SSSR count). The minimum absolute atomic E-state index is 0.261. The largest absolute Gasteiger partial charge is 0.343 e. The highest BCUT2D eigenvalue weighted by Crippen LogP contribution is 2.20. The summed E-state index contributed by atoms with van der Waals surface area (Å²) in [4.78, 5) is 35.1. The van der Waals surface area contributed by atoms with Gasteiger partial charge in [0.05, 0.1) is 12.1 Å². The van der Waals surface area contributed by atoms with Crippen molar-refractivity contribution in [2.24, 2.45) is 0 Å². The van der Waals surface area contributed by atoms with Crippen molar-refractivity contribution in [2.45, 2.75) is 13.8 Å². The van der Waals surface area contributed by atoms with Crippen LogP contribution in [0.3, 0.4) is 0 Å². The molecule has 6 nitrogen and oxygen atoms in total. The van der Waals surface area contributed by atoms with Crippen molar-refractivity contribution < 1.29 is 18.8 Å². The van der Waals surface area contributed by atoms with E-state index >= 15 is 0 Å². The predicted octanol–water partition coefficient (Wildman–Crippen LogP) is 3.22. The second kappa shape index (κ2) is 8.57. The highest BCUT2D eigenvalue weighted by molar-refractivity contribution is 9.10. The van der Waals surface area contributed by atoms with Crippen molar-refractivity contribution in [1.82, 2.24) is 5.32 Å². The van der Waals surface area contributed by atoms with E-state index in [1.165, 1.54) is 19.1 Å². The van der Waals surface area contributed by atoms with Crippen molar-refractivity contribution in [3.8, 4) is 0 Å². The maximum atomic E-state index is 13.8. The van der Waals surface area contributed by atoms with E-state index in [1.54, 1.807) is 18.2 Å². The standard InChI is InChI=1S/C18H17BrFN3O3/c1-10-7-12(3-5-15(10)19)23-17(25)9-21-18(26)14-8-13(22-11(2)24)4-6-16(14)20/h3-8H,9H2,1-2H3,(H,21,26)(H,22,24)(H,23,25). The summed E-state index contributed by atoms with van der Waals surface area (Å²) in [6.07, 6.45) is 0. The fourth-order valence-corrected chi connectivity index (χ4v) is 2.41. The number of hydrogen-bond acceptors (Lipinski definition) is 3. The minimum atomic E-state index is -0.753. The van der Waals surface area contributed by atoms with Crippen LogP contribution in [-0.2, 0) is 9.59 Å². The van der Waals surface area contributed by atoms with Crippen LogP contribution >= 0.6 is 15.9 Å². The lowest BCUT2D eigenvalue weighted by molar-refractivity contribution is -0.115. The number of anilines is 2. The van der Waals surface area contributed by atoms with Crippen LogP contribution in [0, 0.1) is 12.7 Å². The van der Waals surface area contributed by atoms with E-state index in [0.29, 0.717) is 11.4 Å². The van der Waals surface area contributed by atoms with Crippen molar-refractivity contribution in [1.29, 1.82) is 0 Å². The Hall–Kier alpha value is -2.74. The second-order valence-electron chi connectivity index (χ2n) is 5.57. The molecule has 8 heteroatoms. The number of carbonyl (C=O) groups is 3. The summed E-state index contributed by atoms with van der Waals surface area (Å²) in [7, 11) is 0. The molecule has 3 amide bonds. The van der Waals surface area contributed by atoms with Crippen LogP contribution < -0.4 is 16.0 Å². The van der Waals surface area contributed by atoms with Gasteiger partial charge in [-0.25, -0.2) is 4.39 Å². The van der Waals surface area contributed by atoms with E-state index in [2.05, 4.69) is 31.9 Å². The van der Waals surface area contributed by atoms with Crippen molar-refractivity contribution in [2.75, 3.05) is 17.2 Å². The molecule has 2 aromatic carbocycles. The second-order valence-corrected chi connectivity index (χ2v) is 6.42. The normalized spacial score (nSPS) is 10.2. The average Bonchev–Trinajstić information content (AvgIpc) is 2.57. The number of benzene rings is 2. The number of rotatable bonds is 5. The van der Waals surface area contributed by atoms with E-state index in [0.717, 1.165) is 16.1 Å². The molecular formula is C18H17BrFN3O3. The topological polar surface area (TPSA) is 87.3 Å². The SMILES string of the molecule is CC(=O)Nc1ccc(F)c(C(=O)NCC(=O)Nc2ccc(Br)c(C)c2)c1. The molecule has 0 heterocycles. The number of aryl methyl sites for hydroxylation is 1. The molecule has 0 unspecified atom stereocenters. The number of carbonyl (C=O) groups excluding carboxylic acids is 3. The number of amides is 3. The van der Waals surface area contributed by atoms with E-state index < -0.39 is 17.6 Å². The summed E-state index contributed by atoms with van der Waals surface area (Å²) in [5.41, 5.74) is 1.56. The van der Waals surface area contributed by atoms with E-state index in [1.807, 2.05) is 6.92 Å². The molecule has 0 aliphatic rings. The van der Waals surface area contributed by atoms with Crippen LogP contribution in [-0.4, -0.2) is 24.3 Å². The lowest BCUT2D eigenvalue weighted by atomic mass is 10.1. The van der Waals surface area contributed by atoms with Crippen LogP contribution in [0.1, 0.15) is 22.8 Å². The van der Waals surface area contributed by atoms with Crippen LogP contribution in [0.4, 0.5) is 15.8 Å². The van der Waals surface area contributed by atoms with Gasteiger partial charge >= 0.3 is 0 Å². The summed E-state index contributed by atoms with van der Waals surface area (Å²) in [5.74, 6) is -2.29. The Kier molecular flexibility index (Phi) is 6.46. The molecule has 0 bridgehead atoms. The maximum Gasteiger partial charge on any atom is 0.254 e. The highest BCUT2D eigenvalue weighted by atomic mass is 79.9. The van der Waals surface area contributed by atoms with Gasteiger partial charge in [-0.2, -0.15) is 0 Å². The quantitative estimate of drug-likeness (QED) is 0.692. The average molecular weight is 422 g/mol. The first-order chi connectivity index (χ1) is 12.3. The minimum Gasteiger partial charge on any atom is -0.343 e. The van der Waals surface area contributed by atoms with Gasteiger partial charge in [0.25, 0.3) is 5.91 Å². The van der Waals surface area contributed by atoms with E-state index in [-0.39, 0.29) is 18.0 Å². The van der Waals surface area contributed by atoms with Gasteiger partial charge in [-0.15, -0.1) is 0 Å². The number of halogens is 2. The number of hydrogen-bond donors (Lipinski definition) is 3. The Bertz CT molecular complexity index is 871. The molecule has 0 aromatic heterocycles. The van der Waals surface area contributed by atoms with Crippen LogP contribution in [0.2, 0.25) is 0 Å². The van der Waals surface area contributed by atoms with Gasteiger partial charge in [-0.1, -0.05) is 15.9 Å². The number of nitrogens with one attached hydrogen (secondary N) is 3. The zero-order valence-corrected chi connectivity index (χ0v) is 15.7. The molecule has 0 saturated carbocycles. The molecule has 0 saturated heterocycles. The van der Waals surface area contributed by atoms with Gasteiger partial charge in [-0.05, 0) is 48.9 Å². The Balaban J connectivity index is 1.98. The molecule has 0 aliphatic heterocycles. The van der Waals surface area contributed by atoms with Crippen molar-refractivity contribution in [3.63, 3.8) is 0 Å². The van der Waals surface area contributed by atoms with E-state index in [4.69, 9.17) is 0 Å². The first-order valence-electron chi connectivity index (χ1n) is 7.67. The molecule has 0 aliphatic carbocycles. The van der Waals surface area contributed by atoms with Gasteiger partial charge in [-0.3, -0.25) is 14.4 Å². The molecule has 2 aromatic rings. The Morgan fingerprint density at radius 1 is 1.04 bits per heavy atom. The Labute approximate surface area is 158 Å². The van der Waals surface area contributed by atoms with Crippen LogP contribution in [0.25, 0.3) is 0 Å². The molecule has 0 atom stereocenters. The lowest BCUT2D eigenvalue weighted by Gasteiger charge is -2.10. The van der Waals surface area contributed by atoms with Crippen LogP contribution in [0.5, 0.6) is 0 Å². The van der Waals surface area contributed by atoms with Gasteiger partial charge < -0.3 is 16.0 Å². The Morgan fingerprint density at radius 3 is 2.35 bits per heavy atom. The first kappa shape index (κ1) is 19.6. The van der Waals surface area contributed by atoms with Crippen molar-refractivity contribution >= 4 is 45.0 Å². The van der Waals surface area contributed by atoms with Crippen LogP contribution in [0.15, 0.2) is 40.9 Å². The molecule has 3 N–H and O–H groups in total. The maximum absolute atomic E-state index is 13.8. The van der Waals surface area contributed by atoms with Gasteiger partial charge in [0.2, 0.25) is 11.8 Å². The first-order valence-corrected chi connectivity index (χ1v) is 8.47. The molecule has 0 spiro atoms. The molecule has 0 radical (unpaired) electrons. The van der Waals surface area contributed by atoms with E-state index in [9.17, 15) is 18.8 Å². The van der Waals surface area contributed by atoms with Gasteiger partial charge in [0.15, 0.2) is 0 Å². The third-order valence-corrected chi connectivity index (χ3v) is 4.27. The molecule has 136 valence electrons. The third kappa shape index (κ3) is 5.38. The predicted molar refractivity (Wildman–Crippen MR) is 101 cm³/mol. The molecular weight excluding hydrogens is 405 g/mol. The zero-order chi connectivity index (χ0) is 19.3. The smallest absolute Gasteiger partial charge is 0.254 e. The highest BCUT2D eigenvalue weighted by Gasteiger charge is 2.14. The monoisotopic (exact) mass is 421 g/mol. The van der Waals surface area contributed by atoms with Crippen molar-refractivity contribution in [3.05, 3.63) is 57.8 Å². The summed E-state index contributed by atoms with van der Waals surface area (Å²) in [6.45, 7) is 2.86. The molecule has 0 fully saturated rings. The molecule has 26 heavy (non-hydrogen) atoms. The third-order valence-electron chi connectivity index (χ3n) is 3.38. The summed E-state index contributed by atoms with van der Waals surface area (Å²) in [5, 5.41) is 7.46. The van der Waals surface area contributed by atoms with Gasteiger partial charge in [0.1, 0.15) is 5.82 Å². The fourth-order valence-electron chi connectivity index (χ4n) is 2.16. The Morgan fingerprint density at radius 2 is 1.69 bits per heavy atom. The summed E-state index contributed by atoms with van der Waals surface area (Å²) in [6, 6.07) is 8.92. The summed E-state index contributed by atoms with van der Waals surface area (Å²) < 4.78 is 14.7. The van der Waals surface area contributed by atoms with Gasteiger partial charge in [0, 0.05) is 22.8 Å². The zero-order valence-electron chi connectivity index (χ0n) is 14.2. The lowest BCUT2D eigenvalue weighted by Crippen LogP contribution is -2.33. The summed E-state index contributed by atoms with van der Waals surface area (Å²) >= 11 is 3.37. The fraction of sp³-hybridized carbons (Fsp3) is 0.167.